The fourth-order valence-corrected chi connectivity index (χ4v) is 2.78. The second kappa shape index (κ2) is 16.8. The van der Waals surface area contributed by atoms with Crippen molar-refractivity contribution >= 4 is 17.8 Å². The minimum Gasteiger partial charge on any atom is -0.420 e. The van der Waals surface area contributed by atoms with Crippen LogP contribution in [0.5, 0.6) is 5.75 Å². The van der Waals surface area contributed by atoms with Gasteiger partial charge in [0.05, 0.1) is 79.0 Å². The minimum absolute atomic E-state index is 0.0650. The van der Waals surface area contributed by atoms with E-state index in [9.17, 15) is 36.3 Å². The van der Waals surface area contributed by atoms with Gasteiger partial charge in [-0.25, -0.2) is 13.2 Å². The van der Waals surface area contributed by atoms with Crippen molar-refractivity contribution < 1.29 is 64.8 Å². The van der Waals surface area contributed by atoms with E-state index in [1.165, 1.54) is 12.2 Å². The zero-order valence-electron chi connectivity index (χ0n) is 20.2. The van der Waals surface area contributed by atoms with Crippen LogP contribution >= 0.6 is 0 Å². The molecule has 1 aliphatic heterocycles. The molecular weight excluding hydrogens is 529 g/mol. The largest absolute Gasteiger partial charge is 0.420 e. The second-order valence-electron chi connectivity index (χ2n) is 7.35. The highest BCUT2D eigenvalue weighted by Crippen LogP contribution is 2.29. The zero-order chi connectivity index (χ0) is 27.9. The molecule has 15 heteroatoms. The number of carbonyl (C=O) groups is 3. The van der Waals surface area contributed by atoms with E-state index in [1.807, 2.05) is 0 Å². The third-order valence-corrected chi connectivity index (χ3v) is 4.68. The molecule has 1 aliphatic rings. The van der Waals surface area contributed by atoms with Crippen LogP contribution in [0.1, 0.15) is 6.42 Å². The summed E-state index contributed by atoms with van der Waals surface area (Å²) in [7, 11) is 0. The Morgan fingerprint density at radius 1 is 0.579 bits per heavy atom. The monoisotopic (exact) mass is 555 g/mol. The van der Waals surface area contributed by atoms with Crippen LogP contribution in [0.25, 0.3) is 0 Å². The second-order valence-corrected chi connectivity index (χ2v) is 7.35. The molecule has 0 N–H and O–H groups in total. The molecule has 1 aromatic carbocycles. The summed E-state index contributed by atoms with van der Waals surface area (Å²) >= 11 is 0. The van der Waals surface area contributed by atoms with Gasteiger partial charge in [0, 0.05) is 12.2 Å². The predicted octanol–water partition coefficient (Wildman–Crippen LogP) is 1.69. The minimum atomic E-state index is -2.35. The lowest BCUT2D eigenvalue weighted by Gasteiger charge is -2.13. The summed E-state index contributed by atoms with van der Waals surface area (Å²) < 4.78 is 96.5. The number of carbonyl (C=O) groups excluding carboxylic acids is 3. The van der Waals surface area contributed by atoms with Crippen LogP contribution in [0, 0.1) is 29.1 Å². The summed E-state index contributed by atoms with van der Waals surface area (Å²) in [5, 5.41) is 0. The molecule has 0 fully saturated rings. The first kappa shape index (κ1) is 31.2. The lowest BCUT2D eigenvalue weighted by atomic mass is 10.2. The number of hydrogen-bond acceptors (Lipinski definition) is 9. The SMILES string of the molecule is O=C(CCOCCOCCOCCOCCOCCN1C(=O)C=CC1=O)Oc1c(F)c(F)c(F)c(F)c1F. The molecule has 2 rings (SSSR count). The van der Waals surface area contributed by atoms with Gasteiger partial charge in [-0.15, -0.1) is 0 Å². The van der Waals surface area contributed by atoms with Gasteiger partial charge in [-0.3, -0.25) is 19.3 Å². The van der Waals surface area contributed by atoms with Gasteiger partial charge in [0.15, 0.2) is 0 Å². The molecule has 10 nitrogen and oxygen atoms in total. The molecule has 38 heavy (non-hydrogen) atoms. The first-order chi connectivity index (χ1) is 18.2. The summed E-state index contributed by atoms with van der Waals surface area (Å²) in [5.74, 6) is -14.9. The molecule has 0 atom stereocenters. The first-order valence-corrected chi connectivity index (χ1v) is 11.4. The number of rotatable bonds is 19. The molecule has 0 aromatic heterocycles. The summed E-state index contributed by atoms with van der Waals surface area (Å²) in [6, 6.07) is 0. The van der Waals surface area contributed by atoms with E-state index in [2.05, 4.69) is 4.74 Å². The van der Waals surface area contributed by atoms with Crippen molar-refractivity contribution in [1.82, 2.24) is 4.90 Å². The van der Waals surface area contributed by atoms with E-state index in [4.69, 9.17) is 23.7 Å². The predicted molar refractivity (Wildman–Crippen MR) is 116 cm³/mol. The van der Waals surface area contributed by atoms with Gasteiger partial charge in [-0.1, -0.05) is 0 Å². The van der Waals surface area contributed by atoms with E-state index in [1.54, 1.807) is 0 Å². The fourth-order valence-electron chi connectivity index (χ4n) is 2.78. The lowest BCUT2D eigenvalue weighted by molar-refractivity contribution is -0.138. The number of halogens is 5. The van der Waals surface area contributed by atoms with Crippen molar-refractivity contribution in [3.8, 4) is 5.75 Å². The van der Waals surface area contributed by atoms with Gasteiger partial charge < -0.3 is 28.4 Å². The maximum atomic E-state index is 13.5. The van der Waals surface area contributed by atoms with E-state index >= 15 is 0 Å². The maximum absolute atomic E-state index is 13.5. The Kier molecular flexibility index (Phi) is 13.8. The van der Waals surface area contributed by atoms with Gasteiger partial charge in [0.2, 0.25) is 34.8 Å². The van der Waals surface area contributed by atoms with E-state index < -0.39 is 47.2 Å². The molecule has 0 unspecified atom stereocenters. The highest BCUT2D eigenvalue weighted by molar-refractivity contribution is 6.12. The number of ether oxygens (including phenoxy) is 6. The van der Waals surface area contributed by atoms with Crippen molar-refractivity contribution in [3.63, 3.8) is 0 Å². The van der Waals surface area contributed by atoms with Crippen LogP contribution < -0.4 is 4.74 Å². The highest BCUT2D eigenvalue weighted by atomic mass is 19.2. The Morgan fingerprint density at radius 3 is 1.39 bits per heavy atom. The Hall–Kier alpha value is -2.98. The number of imide groups is 1. The average Bonchev–Trinajstić information content (AvgIpc) is 3.22. The Morgan fingerprint density at radius 2 is 0.947 bits per heavy atom. The summed E-state index contributed by atoms with van der Waals surface area (Å²) in [5.41, 5.74) is 0. The van der Waals surface area contributed by atoms with Crippen molar-refractivity contribution in [2.24, 2.45) is 0 Å². The molecule has 0 spiro atoms. The Labute approximate surface area is 214 Å². The van der Waals surface area contributed by atoms with Crippen LogP contribution in [0.3, 0.4) is 0 Å². The van der Waals surface area contributed by atoms with E-state index in [0.717, 1.165) is 4.90 Å². The normalized spacial score (nSPS) is 13.1. The van der Waals surface area contributed by atoms with Crippen molar-refractivity contribution in [2.75, 3.05) is 72.6 Å². The van der Waals surface area contributed by atoms with Gasteiger partial charge in [-0.2, -0.15) is 8.78 Å². The molecule has 0 saturated heterocycles. The third-order valence-electron chi connectivity index (χ3n) is 4.68. The van der Waals surface area contributed by atoms with Gasteiger partial charge in [0.25, 0.3) is 11.8 Å². The van der Waals surface area contributed by atoms with Crippen LogP contribution in [-0.2, 0) is 38.1 Å². The average molecular weight is 555 g/mol. The fraction of sp³-hybridized carbons (Fsp3) is 0.522. The summed E-state index contributed by atoms with van der Waals surface area (Å²) in [4.78, 5) is 35.3. The number of amides is 2. The summed E-state index contributed by atoms with van der Waals surface area (Å²) in [6.07, 6.45) is 1.92. The molecule has 1 heterocycles. The first-order valence-electron chi connectivity index (χ1n) is 11.4. The van der Waals surface area contributed by atoms with Crippen LogP contribution in [0.2, 0.25) is 0 Å². The molecular formula is C23H26F5NO9. The number of esters is 1. The smallest absolute Gasteiger partial charge is 0.313 e. The number of hydrogen-bond donors (Lipinski definition) is 0. The lowest BCUT2D eigenvalue weighted by Crippen LogP contribution is -2.33. The van der Waals surface area contributed by atoms with Crippen LogP contribution in [0.15, 0.2) is 12.2 Å². The zero-order valence-corrected chi connectivity index (χ0v) is 20.2. The maximum Gasteiger partial charge on any atom is 0.313 e. The highest BCUT2D eigenvalue weighted by Gasteiger charge is 2.28. The van der Waals surface area contributed by atoms with Crippen molar-refractivity contribution in [2.45, 2.75) is 6.42 Å². The summed E-state index contributed by atoms with van der Waals surface area (Å²) in [6.45, 7) is 2.13. The van der Waals surface area contributed by atoms with Crippen molar-refractivity contribution in [3.05, 3.63) is 41.2 Å². The van der Waals surface area contributed by atoms with Crippen LogP contribution in [-0.4, -0.2) is 95.3 Å². The molecule has 0 saturated carbocycles. The molecule has 0 aliphatic carbocycles. The number of benzene rings is 1. The van der Waals surface area contributed by atoms with Crippen molar-refractivity contribution in [1.29, 1.82) is 0 Å². The molecule has 212 valence electrons. The standard InChI is InChI=1S/C23H26F5NO9/c24-18-19(25)21(27)23(22(28)20(18)26)38-17(32)3-5-33-7-9-35-11-13-37-14-12-36-10-8-34-6-4-29-15(30)1-2-16(29)31/h1-2H,3-14H2. The number of nitrogens with zero attached hydrogens (tertiary/aromatic N) is 1. The van der Waals surface area contributed by atoms with Gasteiger partial charge >= 0.3 is 5.97 Å². The Bertz CT molecular complexity index is 946. The van der Waals surface area contributed by atoms with Gasteiger partial charge in [0.1, 0.15) is 0 Å². The molecule has 0 radical (unpaired) electrons. The third kappa shape index (κ3) is 10.1. The van der Waals surface area contributed by atoms with Gasteiger partial charge in [-0.05, 0) is 0 Å². The molecule has 1 aromatic rings. The van der Waals surface area contributed by atoms with Crippen LogP contribution in [0.4, 0.5) is 22.0 Å². The molecule has 2 amide bonds. The van der Waals surface area contributed by atoms with E-state index in [-0.39, 0.29) is 58.0 Å². The molecule has 0 bridgehead atoms. The Balaban J connectivity index is 1.37. The topological polar surface area (TPSA) is 110 Å². The quantitative estimate of drug-likeness (QED) is 0.0479. The van der Waals surface area contributed by atoms with E-state index in [0.29, 0.717) is 26.4 Å².